The molecule has 0 amide bonds. The molecular weight excluding hydrogens is 250 g/mol. The molecule has 1 atom stereocenters. The molecular formula is C16H25N3O. The number of H-pyrrole nitrogens is 1. The van der Waals surface area contributed by atoms with Crippen LogP contribution in [0.15, 0.2) is 12.3 Å². The Kier molecular flexibility index (Phi) is 4.41. The number of carbonyl (C=O) groups excluding carboxylic acids is 1. The van der Waals surface area contributed by atoms with Crippen LogP contribution in [0.25, 0.3) is 0 Å². The van der Waals surface area contributed by atoms with Crippen LogP contribution in [0, 0.1) is 0 Å². The third-order valence-electron chi connectivity index (χ3n) is 4.67. The molecule has 1 N–H and O–H groups in total. The fourth-order valence-corrected chi connectivity index (χ4v) is 3.65. The number of nitrogens with one attached hydrogen (secondary N) is 1. The summed E-state index contributed by atoms with van der Waals surface area (Å²) in [5.74, 6) is 0. The molecule has 0 aliphatic carbocycles. The van der Waals surface area contributed by atoms with Gasteiger partial charge in [-0.15, -0.1) is 0 Å². The molecule has 4 nitrogen and oxygen atoms in total. The molecule has 20 heavy (non-hydrogen) atoms. The number of rotatable bonds is 4. The zero-order chi connectivity index (χ0) is 13.8. The van der Waals surface area contributed by atoms with Gasteiger partial charge in [0.15, 0.2) is 0 Å². The molecule has 3 rings (SSSR count). The summed E-state index contributed by atoms with van der Waals surface area (Å²) in [5, 5.41) is 0. The van der Waals surface area contributed by atoms with Gasteiger partial charge in [-0.2, -0.15) is 0 Å². The van der Waals surface area contributed by atoms with Crippen molar-refractivity contribution in [2.75, 3.05) is 24.5 Å². The van der Waals surface area contributed by atoms with Crippen LogP contribution in [0.2, 0.25) is 0 Å². The van der Waals surface area contributed by atoms with E-state index in [4.69, 9.17) is 0 Å². The Hall–Kier alpha value is -1.29. The van der Waals surface area contributed by atoms with Gasteiger partial charge in [0.25, 0.3) is 0 Å². The molecule has 0 saturated carbocycles. The number of aromatic amines is 1. The van der Waals surface area contributed by atoms with Gasteiger partial charge in [0.05, 0.1) is 11.9 Å². The van der Waals surface area contributed by atoms with Gasteiger partial charge in [0.2, 0.25) is 0 Å². The molecule has 0 aromatic carbocycles. The van der Waals surface area contributed by atoms with Crippen LogP contribution in [0.4, 0.5) is 5.69 Å². The summed E-state index contributed by atoms with van der Waals surface area (Å²) in [5.41, 5.74) is 2.66. The van der Waals surface area contributed by atoms with Crippen molar-refractivity contribution in [2.45, 2.75) is 51.1 Å². The summed E-state index contributed by atoms with van der Waals surface area (Å²) in [7, 11) is 0. The topological polar surface area (TPSA) is 39.3 Å². The summed E-state index contributed by atoms with van der Waals surface area (Å²) >= 11 is 0. The Labute approximate surface area is 121 Å². The van der Waals surface area contributed by atoms with Crippen molar-refractivity contribution in [2.24, 2.45) is 0 Å². The summed E-state index contributed by atoms with van der Waals surface area (Å²) < 4.78 is 0. The standard InChI is InChI=1S/C16H25N3O/c20-13-8-16(18-10-3-1-4-11-18)19-12-5-2-6-14-15(19)7-9-17-14/h7,9,13,16-17H,1-6,8,10-12H2. The Morgan fingerprint density at radius 2 is 1.95 bits per heavy atom. The molecule has 2 aliphatic rings. The van der Waals surface area contributed by atoms with Gasteiger partial charge in [0, 0.05) is 37.9 Å². The zero-order valence-corrected chi connectivity index (χ0v) is 12.2. The third kappa shape index (κ3) is 2.75. The predicted molar refractivity (Wildman–Crippen MR) is 81.0 cm³/mol. The smallest absolute Gasteiger partial charge is 0.123 e. The molecule has 1 aromatic rings. The Bertz CT molecular complexity index is 437. The lowest BCUT2D eigenvalue weighted by molar-refractivity contribution is -0.109. The number of nitrogens with zero attached hydrogens (tertiary/aromatic N) is 2. The highest BCUT2D eigenvalue weighted by atomic mass is 16.1. The minimum atomic E-state index is 0.250. The van der Waals surface area contributed by atoms with Crippen molar-refractivity contribution < 1.29 is 4.79 Å². The Balaban J connectivity index is 1.84. The Morgan fingerprint density at radius 1 is 1.15 bits per heavy atom. The average molecular weight is 275 g/mol. The zero-order valence-electron chi connectivity index (χ0n) is 12.2. The van der Waals surface area contributed by atoms with E-state index in [0.717, 1.165) is 32.3 Å². The summed E-state index contributed by atoms with van der Waals surface area (Å²) in [6, 6.07) is 2.18. The number of fused-ring (bicyclic) bond motifs is 1. The second kappa shape index (κ2) is 6.44. The highest BCUT2D eigenvalue weighted by Gasteiger charge is 2.28. The van der Waals surface area contributed by atoms with E-state index in [-0.39, 0.29) is 6.17 Å². The number of likely N-dealkylation sites (tertiary alicyclic amines) is 1. The van der Waals surface area contributed by atoms with Crippen LogP contribution in [-0.2, 0) is 11.2 Å². The SMILES string of the molecule is O=CCC(N1CCCCC1)N1CCCCc2[nH]ccc21. The molecule has 3 heterocycles. The molecule has 110 valence electrons. The first kappa shape index (κ1) is 13.7. The van der Waals surface area contributed by atoms with E-state index in [1.807, 2.05) is 6.20 Å². The van der Waals surface area contributed by atoms with Crippen LogP contribution >= 0.6 is 0 Å². The molecule has 0 spiro atoms. The molecule has 1 fully saturated rings. The lowest BCUT2D eigenvalue weighted by Gasteiger charge is -2.41. The van der Waals surface area contributed by atoms with E-state index in [2.05, 4.69) is 20.9 Å². The van der Waals surface area contributed by atoms with Crippen molar-refractivity contribution in [3.8, 4) is 0 Å². The normalized spacial score (nSPS) is 22.1. The van der Waals surface area contributed by atoms with Gasteiger partial charge in [-0.25, -0.2) is 0 Å². The summed E-state index contributed by atoms with van der Waals surface area (Å²) in [6.45, 7) is 3.34. The summed E-state index contributed by atoms with van der Waals surface area (Å²) in [6.07, 6.45) is 11.4. The van der Waals surface area contributed by atoms with Gasteiger partial charge in [-0.1, -0.05) is 6.42 Å². The molecule has 4 heteroatoms. The van der Waals surface area contributed by atoms with E-state index in [0.29, 0.717) is 6.42 Å². The molecule has 0 radical (unpaired) electrons. The highest BCUT2D eigenvalue weighted by molar-refractivity contribution is 5.57. The third-order valence-corrected chi connectivity index (χ3v) is 4.67. The minimum Gasteiger partial charge on any atom is -0.363 e. The summed E-state index contributed by atoms with van der Waals surface area (Å²) in [4.78, 5) is 19.5. The minimum absolute atomic E-state index is 0.250. The van der Waals surface area contributed by atoms with Gasteiger partial charge in [0.1, 0.15) is 6.29 Å². The lowest BCUT2D eigenvalue weighted by Crippen LogP contribution is -2.51. The van der Waals surface area contributed by atoms with Crippen LogP contribution in [0.3, 0.4) is 0 Å². The number of aromatic nitrogens is 1. The van der Waals surface area contributed by atoms with E-state index >= 15 is 0 Å². The molecule has 0 bridgehead atoms. The van der Waals surface area contributed by atoms with Crippen LogP contribution in [0.1, 0.15) is 44.2 Å². The number of carbonyl (C=O) groups is 1. The number of hydrogen-bond acceptors (Lipinski definition) is 3. The van der Waals surface area contributed by atoms with Gasteiger partial charge in [-0.05, 0) is 38.2 Å². The number of piperidine rings is 1. The van der Waals surface area contributed by atoms with Gasteiger partial charge < -0.3 is 14.7 Å². The van der Waals surface area contributed by atoms with Crippen LogP contribution in [-0.4, -0.2) is 42.0 Å². The number of aryl methyl sites for hydroxylation is 1. The van der Waals surface area contributed by atoms with Crippen molar-refractivity contribution in [1.82, 2.24) is 9.88 Å². The quantitative estimate of drug-likeness (QED) is 0.858. The van der Waals surface area contributed by atoms with E-state index in [1.54, 1.807) is 0 Å². The first-order valence-corrected chi connectivity index (χ1v) is 8.01. The highest BCUT2D eigenvalue weighted by Crippen LogP contribution is 2.29. The van der Waals surface area contributed by atoms with Gasteiger partial charge >= 0.3 is 0 Å². The number of aldehydes is 1. The van der Waals surface area contributed by atoms with E-state index < -0.39 is 0 Å². The van der Waals surface area contributed by atoms with Gasteiger partial charge in [-0.3, -0.25) is 4.90 Å². The van der Waals surface area contributed by atoms with Crippen molar-refractivity contribution in [3.63, 3.8) is 0 Å². The first-order valence-electron chi connectivity index (χ1n) is 8.01. The Morgan fingerprint density at radius 3 is 2.75 bits per heavy atom. The van der Waals surface area contributed by atoms with Crippen molar-refractivity contribution in [1.29, 1.82) is 0 Å². The monoisotopic (exact) mass is 275 g/mol. The fraction of sp³-hybridized carbons (Fsp3) is 0.688. The number of anilines is 1. The van der Waals surface area contributed by atoms with Crippen molar-refractivity contribution in [3.05, 3.63) is 18.0 Å². The average Bonchev–Trinajstić information content (AvgIpc) is 2.87. The second-order valence-electron chi connectivity index (χ2n) is 5.97. The molecule has 2 aliphatic heterocycles. The second-order valence-corrected chi connectivity index (χ2v) is 5.97. The first-order chi connectivity index (χ1) is 9.90. The van der Waals surface area contributed by atoms with E-state index in [9.17, 15) is 4.79 Å². The van der Waals surface area contributed by atoms with Crippen LogP contribution in [0.5, 0.6) is 0 Å². The van der Waals surface area contributed by atoms with Crippen molar-refractivity contribution >= 4 is 12.0 Å². The fourth-order valence-electron chi connectivity index (χ4n) is 3.65. The maximum Gasteiger partial charge on any atom is 0.123 e. The maximum absolute atomic E-state index is 11.2. The maximum atomic E-state index is 11.2. The molecule has 1 unspecified atom stereocenters. The van der Waals surface area contributed by atoms with E-state index in [1.165, 1.54) is 43.5 Å². The largest absolute Gasteiger partial charge is 0.363 e. The van der Waals surface area contributed by atoms with Crippen LogP contribution < -0.4 is 4.90 Å². The molecule has 1 saturated heterocycles. The molecule has 1 aromatic heterocycles. The number of hydrogen-bond donors (Lipinski definition) is 1. The predicted octanol–water partition coefficient (Wildman–Crippen LogP) is 2.56. The lowest BCUT2D eigenvalue weighted by atomic mass is 10.1.